The monoisotopic (exact) mass is 177 g/mol. The van der Waals surface area contributed by atoms with E-state index in [1.54, 1.807) is 24.3 Å². The maximum atomic E-state index is 10.6. The van der Waals surface area contributed by atoms with Crippen molar-refractivity contribution in [2.45, 2.75) is 0 Å². The lowest BCUT2D eigenvalue weighted by Crippen LogP contribution is -1.92. The molecule has 0 atom stereocenters. The number of para-hydroxylation sites is 1. The van der Waals surface area contributed by atoms with Gasteiger partial charge in [-0.15, -0.1) is 0 Å². The first kappa shape index (κ1) is 7.60. The van der Waals surface area contributed by atoms with E-state index in [2.05, 4.69) is 4.98 Å². The predicted molar refractivity (Wildman–Crippen MR) is 49.4 cm³/mol. The number of nitrogens with two attached hydrogens (primary N) is 1. The minimum absolute atomic E-state index is 0.0457. The summed E-state index contributed by atoms with van der Waals surface area (Å²) in [6.45, 7) is 0. The summed E-state index contributed by atoms with van der Waals surface area (Å²) in [4.78, 5) is 12.9. The topological polar surface area (TPSA) is 85.0 Å². The second-order valence-electron chi connectivity index (χ2n) is 2.69. The summed E-state index contributed by atoms with van der Waals surface area (Å²) in [5.74, 6) is 0.103. The molecule has 1 heterocycles. The SMILES string of the molecule is Nc1[nH]c2ccccc2c1[N+](=O)[O-]. The van der Waals surface area contributed by atoms with E-state index < -0.39 is 4.92 Å². The van der Waals surface area contributed by atoms with Crippen molar-refractivity contribution in [2.24, 2.45) is 0 Å². The summed E-state index contributed by atoms with van der Waals surface area (Å²) >= 11 is 0. The van der Waals surface area contributed by atoms with Crippen LogP contribution in [-0.2, 0) is 0 Å². The van der Waals surface area contributed by atoms with Crippen molar-refractivity contribution in [3.63, 3.8) is 0 Å². The summed E-state index contributed by atoms with van der Waals surface area (Å²) in [5.41, 5.74) is 6.10. The number of hydrogen-bond acceptors (Lipinski definition) is 3. The molecule has 0 fully saturated rings. The van der Waals surface area contributed by atoms with Gasteiger partial charge in [-0.2, -0.15) is 0 Å². The number of nitro groups is 1. The lowest BCUT2D eigenvalue weighted by Gasteiger charge is -1.88. The molecular formula is C8H7N3O2. The second kappa shape index (κ2) is 2.48. The van der Waals surface area contributed by atoms with Crippen molar-refractivity contribution in [2.75, 3.05) is 5.73 Å². The van der Waals surface area contributed by atoms with E-state index >= 15 is 0 Å². The summed E-state index contributed by atoms with van der Waals surface area (Å²) in [7, 11) is 0. The minimum atomic E-state index is -0.478. The summed E-state index contributed by atoms with van der Waals surface area (Å²) < 4.78 is 0. The number of nitrogens with zero attached hydrogens (tertiary/aromatic N) is 1. The molecule has 2 rings (SSSR count). The third-order valence-corrected chi connectivity index (χ3v) is 1.89. The van der Waals surface area contributed by atoms with E-state index in [9.17, 15) is 10.1 Å². The number of H-pyrrole nitrogens is 1. The lowest BCUT2D eigenvalue weighted by atomic mass is 10.2. The van der Waals surface area contributed by atoms with Crippen molar-refractivity contribution < 1.29 is 4.92 Å². The van der Waals surface area contributed by atoms with Gasteiger partial charge in [0.05, 0.1) is 15.8 Å². The van der Waals surface area contributed by atoms with Crippen molar-refractivity contribution in [1.82, 2.24) is 4.98 Å². The molecule has 1 aromatic carbocycles. The molecule has 3 N–H and O–H groups in total. The maximum absolute atomic E-state index is 10.6. The van der Waals surface area contributed by atoms with E-state index in [1.165, 1.54) is 0 Å². The molecule has 13 heavy (non-hydrogen) atoms. The molecule has 0 radical (unpaired) electrons. The molecule has 0 unspecified atom stereocenters. The van der Waals surface area contributed by atoms with Crippen molar-refractivity contribution in [3.05, 3.63) is 34.4 Å². The number of benzene rings is 1. The fraction of sp³-hybridized carbons (Fsp3) is 0. The van der Waals surface area contributed by atoms with Crippen LogP contribution in [0.2, 0.25) is 0 Å². The zero-order chi connectivity index (χ0) is 9.42. The highest BCUT2D eigenvalue weighted by atomic mass is 16.6. The van der Waals surface area contributed by atoms with E-state index in [0.29, 0.717) is 10.9 Å². The Balaban J connectivity index is 2.86. The normalized spacial score (nSPS) is 10.5. The third kappa shape index (κ3) is 1.01. The number of anilines is 1. The second-order valence-corrected chi connectivity index (χ2v) is 2.69. The maximum Gasteiger partial charge on any atom is 0.318 e. The molecule has 0 saturated heterocycles. The van der Waals surface area contributed by atoms with Gasteiger partial charge in [0.25, 0.3) is 0 Å². The number of aromatic amines is 1. The Hall–Kier alpha value is -2.04. The average molecular weight is 177 g/mol. The zero-order valence-corrected chi connectivity index (χ0v) is 6.65. The number of hydrogen-bond donors (Lipinski definition) is 2. The van der Waals surface area contributed by atoms with E-state index in [-0.39, 0.29) is 11.5 Å². The summed E-state index contributed by atoms with van der Waals surface area (Å²) in [6.07, 6.45) is 0. The molecular weight excluding hydrogens is 170 g/mol. The molecule has 0 saturated carbocycles. The number of nitrogens with one attached hydrogen (secondary N) is 1. The van der Waals surface area contributed by atoms with Gasteiger partial charge in [-0.3, -0.25) is 10.1 Å². The Bertz CT molecular complexity index is 475. The molecule has 2 aromatic rings. The minimum Gasteiger partial charge on any atom is -0.380 e. The first-order valence-corrected chi connectivity index (χ1v) is 3.70. The Morgan fingerprint density at radius 3 is 2.77 bits per heavy atom. The van der Waals surface area contributed by atoms with Crippen LogP contribution in [0.3, 0.4) is 0 Å². The molecule has 0 aliphatic carbocycles. The standard InChI is InChI=1S/C8H7N3O2/c9-8-7(11(12)13)5-3-1-2-4-6(5)10-8/h1-4,10H,9H2. The molecule has 5 nitrogen and oxygen atoms in total. The van der Waals surface area contributed by atoms with Crippen LogP contribution in [0.25, 0.3) is 10.9 Å². The first-order valence-electron chi connectivity index (χ1n) is 3.70. The Morgan fingerprint density at radius 2 is 2.08 bits per heavy atom. The van der Waals surface area contributed by atoms with Crippen LogP contribution < -0.4 is 5.73 Å². The molecule has 0 bridgehead atoms. The average Bonchev–Trinajstić information content (AvgIpc) is 2.39. The van der Waals surface area contributed by atoms with Crippen molar-refractivity contribution in [1.29, 1.82) is 0 Å². The van der Waals surface area contributed by atoms with Gasteiger partial charge in [0.15, 0.2) is 5.82 Å². The number of aromatic nitrogens is 1. The van der Waals surface area contributed by atoms with Gasteiger partial charge in [-0.25, -0.2) is 0 Å². The molecule has 0 spiro atoms. The van der Waals surface area contributed by atoms with Crippen LogP contribution in [0, 0.1) is 10.1 Å². The smallest absolute Gasteiger partial charge is 0.318 e. The fourth-order valence-electron chi connectivity index (χ4n) is 1.34. The molecule has 0 amide bonds. The zero-order valence-electron chi connectivity index (χ0n) is 6.65. The Kier molecular flexibility index (Phi) is 1.45. The van der Waals surface area contributed by atoms with Gasteiger partial charge >= 0.3 is 5.69 Å². The van der Waals surface area contributed by atoms with Crippen LogP contribution in [-0.4, -0.2) is 9.91 Å². The van der Waals surface area contributed by atoms with Gasteiger partial charge in [-0.1, -0.05) is 12.1 Å². The van der Waals surface area contributed by atoms with Crippen LogP contribution in [0.5, 0.6) is 0 Å². The van der Waals surface area contributed by atoms with Gasteiger partial charge in [0.2, 0.25) is 0 Å². The number of nitrogen functional groups attached to an aromatic ring is 1. The summed E-state index contributed by atoms with van der Waals surface area (Å²) in [6, 6.07) is 6.95. The van der Waals surface area contributed by atoms with Gasteiger partial charge in [0, 0.05) is 0 Å². The number of rotatable bonds is 1. The highest BCUT2D eigenvalue weighted by molar-refractivity contribution is 5.94. The molecule has 0 aliphatic heterocycles. The summed E-state index contributed by atoms with van der Waals surface area (Å²) in [5, 5.41) is 11.1. The largest absolute Gasteiger partial charge is 0.380 e. The van der Waals surface area contributed by atoms with Gasteiger partial charge in [-0.05, 0) is 12.1 Å². The highest BCUT2D eigenvalue weighted by Crippen LogP contribution is 2.30. The van der Waals surface area contributed by atoms with Crippen LogP contribution >= 0.6 is 0 Å². The van der Waals surface area contributed by atoms with E-state index in [1.807, 2.05) is 0 Å². The quantitative estimate of drug-likeness (QED) is 0.513. The van der Waals surface area contributed by atoms with Crippen LogP contribution in [0.1, 0.15) is 0 Å². The lowest BCUT2D eigenvalue weighted by molar-refractivity contribution is -0.382. The third-order valence-electron chi connectivity index (χ3n) is 1.89. The fourth-order valence-corrected chi connectivity index (χ4v) is 1.34. The number of fused-ring (bicyclic) bond motifs is 1. The highest BCUT2D eigenvalue weighted by Gasteiger charge is 2.18. The van der Waals surface area contributed by atoms with Gasteiger partial charge in [0.1, 0.15) is 0 Å². The van der Waals surface area contributed by atoms with Crippen LogP contribution in [0.4, 0.5) is 11.5 Å². The molecule has 66 valence electrons. The van der Waals surface area contributed by atoms with E-state index in [0.717, 1.165) is 0 Å². The van der Waals surface area contributed by atoms with Crippen molar-refractivity contribution >= 4 is 22.4 Å². The molecule has 1 aromatic heterocycles. The Labute approximate surface area is 73.3 Å². The molecule has 5 heteroatoms. The predicted octanol–water partition coefficient (Wildman–Crippen LogP) is 1.66. The van der Waals surface area contributed by atoms with Crippen LogP contribution in [0.15, 0.2) is 24.3 Å². The van der Waals surface area contributed by atoms with Gasteiger partial charge < -0.3 is 10.7 Å². The molecule has 0 aliphatic rings. The Morgan fingerprint density at radius 1 is 1.38 bits per heavy atom. The van der Waals surface area contributed by atoms with E-state index in [4.69, 9.17) is 5.73 Å². The first-order chi connectivity index (χ1) is 6.20. The van der Waals surface area contributed by atoms with Crippen molar-refractivity contribution in [3.8, 4) is 0 Å².